The molecule has 5 N–H and O–H groups in total. The molecule has 0 rings (SSSR count). The first-order valence-corrected chi connectivity index (χ1v) is 8.89. The number of rotatable bonds is 18. The van der Waals surface area contributed by atoms with Crippen LogP contribution in [0.1, 0.15) is 33.6 Å². The Morgan fingerprint density at radius 3 is 1.79 bits per heavy atom. The first kappa shape index (κ1) is 23.4. The summed E-state index contributed by atoms with van der Waals surface area (Å²) in [5.74, 6) is 0. The minimum absolute atomic E-state index is 0.160. The minimum atomic E-state index is -0.160. The van der Waals surface area contributed by atoms with Crippen molar-refractivity contribution in [1.82, 2.24) is 10.6 Å². The lowest BCUT2D eigenvalue weighted by molar-refractivity contribution is 0.0138. The number of nitrogens with two attached hydrogens (primary N) is 1. The highest BCUT2D eigenvalue weighted by atomic mass is 16.5. The van der Waals surface area contributed by atoms with Gasteiger partial charge in [-0.25, -0.2) is 0 Å². The zero-order valence-electron chi connectivity index (χ0n) is 15.8. The van der Waals surface area contributed by atoms with Crippen LogP contribution in [-0.4, -0.2) is 77.1 Å². The van der Waals surface area contributed by atoms with Crippen molar-refractivity contribution >= 4 is 5.71 Å². The van der Waals surface area contributed by atoms with Crippen molar-refractivity contribution in [2.75, 3.05) is 65.8 Å². The zero-order chi connectivity index (χ0) is 18.1. The highest BCUT2D eigenvalue weighted by molar-refractivity contribution is 5.80. The molecule has 0 bridgehead atoms. The van der Waals surface area contributed by atoms with Gasteiger partial charge in [-0.2, -0.15) is 0 Å². The number of ether oxygens (including phenoxy) is 3. The van der Waals surface area contributed by atoms with E-state index in [1.54, 1.807) is 6.92 Å². The molecule has 0 aliphatic rings. The lowest BCUT2D eigenvalue weighted by Gasteiger charge is -2.18. The van der Waals surface area contributed by atoms with E-state index in [4.69, 9.17) is 25.4 Å². The number of nitrogens with one attached hydrogen (secondary N) is 3. The molecular weight excluding hydrogens is 308 g/mol. The third-order valence-corrected chi connectivity index (χ3v) is 3.00. The standard InChI is InChI=1S/C17H38N4O3/c1-16(18)14-20-6-4-8-22-10-12-24-13-11-23-9-5-7-21-15-17(2,3)19/h18,20-21H,4-15,19H2,1-3H3. The Morgan fingerprint density at radius 2 is 1.33 bits per heavy atom. The molecule has 7 nitrogen and oxygen atoms in total. The van der Waals surface area contributed by atoms with Crippen LogP contribution in [0.3, 0.4) is 0 Å². The van der Waals surface area contributed by atoms with Crippen molar-refractivity contribution in [3.8, 4) is 0 Å². The maximum absolute atomic E-state index is 7.27. The quantitative estimate of drug-likeness (QED) is 0.216. The summed E-state index contributed by atoms with van der Waals surface area (Å²) in [4.78, 5) is 0. The summed E-state index contributed by atoms with van der Waals surface area (Å²) in [7, 11) is 0. The monoisotopic (exact) mass is 346 g/mol. The molecule has 0 fully saturated rings. The molecule has 7 heteroatoms. The zero-order valence-corrected chi connectivity index (χ0v) is 15.8. The highest BCUT2D eigenvalue weighted by Gasteiger charge is 2.08. The summed E-state index contributed by atoms with van der Waals surface area (Å²) in [6.07, 6.45) is 1.93. The van der Waals surface area contributed by atoms with Gasteiger partial charge in [-0.1, -0.05) is 0 Å². The van der Waals surface area contributed by atoms with Crippen LogP contribution in [0.2, 0.25) is 0 Å². The summed E-state index contributed by atoms with van der Waals surface area (Å²) in [6, 6.07) is 0. The van der Waals surface area contributed by atoms with E-state index >= 15 is 0 Å². The van der Waals surface area contributed by atoms with E-state index < -0.39 is 0 Å². The molecule has 0 aliphatic carbocycles. The van der Waals surface area contributed by atoms with E-state index in [9.17, 15) is 0 Å². The van der Waals surface area contributed by atoms with Crippen molar-refractivity contribution in [1.29, 1.82) is 5.41 Å². The van der Waals surface area contributed by atoms with Gasteiger partial charge in [-0.15, -0.1) is 0 Å². The fourth-order valence-corrected chi connectivity index (χ4v) is 1.83. The van der Waals surface area contributed by atoms with Crippen LogP contribution in [0.5, 0.6) is 0 Å². The molecular formula is C17H38N4O3. The molecule has 24 heavy (non-hydrogen) atoms. The molecule has 0 unspecified atom stereocenters. The molecule has 0 radical (unpaired) electrons. The van der Waals surface area contributed by atoms with Crippen molar-refractivity contribution in [3.05, 3.63) is 0 Å². The highest BCUT2D eigenvalue weighted by Crippen LogP contribution is 1.92. The lowest BCUT2D eigenvalue weighted by Crippen LogP contribution is -2.43. The van der Waals surface area contributed by atoms with Gasteiger partial charge < -0.3 is 36.0 Å². The van der Waals surface area contributed by atoms with Crippen LogP contribution in [-0.2, 0) is 14.2 Å². The van der Waals surface area contributed by atoms with Gasteiger partial charge in [0.15, 0.2) is 0 Å². The largest absolute Gasteiger partial charge is 0.379 e. The Hall–Kier alpha value is -0.570. The van der Waals surface area contributed by atoms with E-state index in [1.807, 2.05) is 13.8 Å². The van der Waals surface area contributed by atoms with E-state index in [0.29, 0.717) is 38.7 Å². The smallest absolute Gasteiger partial charge is 0.0701 e. The van der Waals surface area contributed by atoms with Gasteiger partial charge >= 0.3 is 0 Å². The SMILES string of the molecule is CC(=N)CNCCCOCCOCCOCCCNCC(C)(C)N. The molecule has 144 valence electrons. The van der Waals surface area contributed by atoms with E-state index in [2.05, 4.69) is 10.6 Å². The van der Waals surface area contributed by atoms with Gasteiger partial charge in [0.25, 0.3) is 0 Å². The molecule has 0 saturated carbocycles. The second-order valence-electron chi connectivity index (χ2n) is 6.67. The minimum Gasteiger partial charge on any atom is -0.379 e. The Balaban J connectivity index is 3.04. The molecule has 0 saturated heterocycles. The molecule has 0 aliphatic heterocycles. The lowest BCUT2D eigenvalue weighted by atomic mass is 10.1. The first-order chi connectivity index (χ1) is 11.4. The Labute approximate surface area is 147 Å². The van der Waals surface area contributed by atoms with E-state index in [0.717, 1.165) is 45.7 Å². The van der Waals surface area contributed by atoms with Crippen LogP contribution >= 0.6 is 0 Å². The summed E-state index contributed by atoms with van der Waals surface area (Å²) >= 11 is 0. The summed E-state index contributed by atoms with van der Waals surface area (Å²) in [5.41, 5.74) is 6.37. The third-order valence-electron chi connectivity index (χ3n) is 3.00. The van der Waals surface area contributed by atoms with E-state index in [1.165, 1.54) is 0 Å². The second kappa shape index (κ2) is 15.9. The molecule has 0 heterocycles. The molecule has 0 amide bonds. The fraction of sp³-hybridized carbons (Fsp3) is 0.941. The predicted octanol–water partition coefficient (Wildman–Crippen LogP) is 0.773. The number of hydrogen-bond acceptors (Lipinski definition) is 7. The summed E-state index contributed by atoms with van der Waals surface area (Å²) in [5, 5.41) is 13.8. The van der Waals surface area contributed by atoms with Gasteiger partial charge in [0.05, 0.1) is 26.4 Å². The predicted molar refractivity (Wildman–Crippen MR) is 99.1 cm³/mol. The number of hydrogen-bond donors (Lipinski definition) is 4. The maximum atomic E-state index is 7.27. The van der Waals surface area contributed by atoms with Gasteiger partial charge in [-0.05, 0) is 46.7 Å². The Morgan fingerprint density at radius 1 is 0.875 bits per heavy atom. The van der Waals surface area contributed by atoms with Gasteiger partial charge in [0, 0.05) is 37.6 Å². The fourth-order valence-electron chi connectivity index (χ4n) is 1.83. The van der Waals surface area contributed by atoms with Gasteiger partial charge in [0.2, 0.25) is 0 Å². The summed E-state index contributed by atoms with van der Waals surface area (Å²) in [6.45, 7) is 13.0. The average Bonchev–Trinajstić information content (AvgIpc) is 2.49. The van der Waals surface area contributed by atoms with Crippen LogP contribution in [0.4, 0.5) is 0 Å². The van der Waals surface area contributed by atoms with Gasteiger partial charge in [0.1, 0.15) is 0 Å². The Bertz CT molecular complexity index is 296. The third kappa shape index (κ3) is 21.4. The van der Waals surface area contributed by atoms with Crippen molar-refractivity contribution < 1.29 is 14.2 Å². The van der Waals surface area contributed by atoms with Crippen LogP contribution in [0.15, 0.2) is 0 Å². The normalized spacial score (nSPS) is 11.8. The molecule has 0 aromatic rings. The Kier molecular flexibility index (Phi) is 15.6. The molecule has 0 aromatic carbocycles. The van der Waals surface area contributed by atoms with Crippen LogP contribution in [0, 0.1) is 5.41 Å². The molecule has 0 atom stereocenters. The molecule has 0 spiro atoms. The molecule has 0 aromatic heterocycles. The van der Waals surface area contributed by atoms with Crippen molar-refractivity contribution in [2.24, 2.45) is 5.73 Å². The van der Waals surface area contributed by atoms with Crippen molar-refractivity contribution in [2.45, 2.75) is 39.2 Å². The summed E-state index contributed by atoms with van der Waals surface area (Å²) < 4.78 is 16.4. The van der Waals surface area contributed by atoms with Crippen LogP contribution < -0.4 is 16.4 Å². The van der Waals surface area contributed by atoms with E-state index in [-0.39, 0.29) is 5.54 Å². The second-order valence-corrected chi connectivity index (χ2v) is 6.67. The average molecular weight is 347 g/mol. The first-order valence-electron chi connectivity index (χ1n) is 8.89. The van der Waals surface area contributed by atoms with Crippen LogP contribution in [0.25, 0.3) is 0 Å². The maximum Gasteiger partial charge on any atom is 0.0701 e. The van der Waals surface area contributed by atoms with Crippen molar-refractivity contribution in [3.63, 3.8) is 0 Å². The topological polar surface area (TPSA) is 102 Å². The van der Waals surface area contributed by atoms with Gasteiger partial charge in [-0.3, -0.25) is 0 Å².